The summed E-state index contributed by atoms with van der Waals surface area (Å²) in [4.78, 5) is 16.8. The van der Waals surface area contributed by atoms with Gasteiger partial charge in [-0.15, -0.1) is 0 Å². The van der Waals surface area contributed by atoms with Crippen molar-refractivity contribution in [1.29, 1.82) is 0 Å². The summed E-state index contributed by atoms with van der Waals surface area (Å²) in [6.07, 6.45) is 2.85. The second-order valence-electron chi connectivity index (χ2n) is 5.83. The molecule has 0 bridgehead atoms. The lowest BCUT2D eigenvalue weighted by molar-refractivity contribution is -0.121. The number of nitrogens with zero attached hydrogens (tertiary/aromatic N) is 1. The summed E-state index contributed by atoms with van der Waals surface area (Å²) in [5.41, 5.74) is 1.96. The van der Waals surface area contributed by atoms with E-state index in [0.29, 0.717) is 35.0 Å². The van der Waals surface area contributed by atoms with Gasteiger partial charge in [0.25, 0.3) is 0 Å². The Hall–Kier alpha value is -1.59. The van der Waals surface area contributed by atoms with Gasteiger partial charge in [-0.25, -0.2) is 4.39 Å². The van der Waals surface area contributed by atoms with Crippen molar-refractivity contribution in [3.05, 3.63) is 63.6 Å². The minimum absolute atomic E-state index is 0.0773. The lowest BCUT2D eigenvalue weighted by Crippen LogP contribution is -2.22. The van der Waals surface area contributed by atoms with Crippen LogP contribution in [0.15, 0.2) is 41.0 Å². The largest absolute Gasteiger partial charge is 0.387 e. The van der Waals surface area contributed by atoms with Gasteiger partial charge in [0, 0.05) is 23.0 Å². The van der Waals surface area contributed by atoms with E-state index in [-0.39, 0.29) is 23.9 Å². The number of aromatic nitrogens is 1. The number of aryl methyl sites for hydroxylation is 1. The van der Waals surface area contributed by atoms with Gasteiger partial charge in [0.1, 0.15) is 11.6 Å². The van der Waals surface area contributed by atoms with Crippen molar-refractivity contribution in [3.8, 4) is 0 Å². The van der Waals surface area contributed by atoms with E-state index in [4.69, 9.17) is 0 Å². The van der Waals surface area contributed by atoms with Crippen LogP contribution in [-0.2, 0) is 11.2 Å². The first-order valence-corrected chi connectivity index (χ1v) is 8.45. The summed E-state index contributed by atoms with van der Waals surface area (Å²) in [7, 11) is 0. The van der Waals surface area contributed by atoms with Crippen LogP contribution in [0.25, 0.3) is 0 Å². The molecule has 1 N–H and O–H groups in total. The second kappa shape index (κ2) is 6.89. The molecule has 0 saturated heterocycles. The molecular formula is C18H17BrFNO2. The molecule has 5 heteroatoms. The fraction of sp³-hybridized carbons (Fsp3) is 0.333. The lowest BCUT2D eigenvalue weighted by atomic mass is 9.80. The van der Waals surface area contributed by atoms with Gasteiger partial charge in [0.15, 0.2) is 0 Å². The van der Waals surface area contributed by atoms with Crippen molar-refractivity contribution in [2.75, 3.05) is 0 Å². The highest BCUT2D eigenvalue weighted by Gasteiger charge is 2.31. The van der Waals surface area contributed by atoms with E-state index >= 15 is 0 Å². The van der Waals surface area contributed by atoms with Gasteiger partial charge in [0.05, 0.1) is 11.8 Å². The number of hydrogen-bond donors (Lipinski definition) is 1. The van der Waals surface area contributed by atoms with Gasteiger partial charge in [-0.2, -0.15) is 0 Å². The Balaban J connectivity index is 1.73. The molecule has 120 valence electrons. The van der Waals surface area contributed by atoms with Gasteiger partial charge in [-0.05, 0) is 48.6 Å². The maximum Gasteiger partial charge on any atom is 0.140 e. The standard InChI is InChI=1S/C18H17BrFNO2/c19-12-5-3-11(15(20)10-12)4-7-16(22)13-6-8-17(23)18-14(13)2-1-9-21-18/h1-3,5,9-10,13,17,23H,4,6-8H2/t13-,17-/m0/s1. The minimum Gasteiger partial charge on any atom is -0.387 e. The van der Waals surface area contributed by atoms with Crippen LogP contribution in [0.1, 0.15) is 48.1 Å². The Morgan fingerprint density at radius 2 is 2.17 bits per heavy atom. The molecule has 0 fully saturated rings. The zero-order chi connectivity index (χ0) is 16.4. The zero-order valence-corrected chi connectivity index (χ0v) is 14.1. The number of halogens is 2. The molecule has 1 aliphatic carbocycles. The van der Waals surface area contributed by atoms with Gasteiger partial charge in [0.2, 0.25) is 0 Å². The molecule has 2 aromatic rings. The van der Waals surface area contributed by atoms with Crippen molar-refractivity contribution in [1.82, 2.24) is 4.98 Å². The van der Waals surface area contributed by atoms with Crippen molar-refractivity contribution in [3.63, 3.8) is 0 Å². The quantitative estimate of drug-likeness (QED) is 0.872. The van der Waals surface area contributed by atoms with Gasteiger partial charge < -0.3 is 5.11 Å². The van der Waals surface area contributed by atoms with E-state index in [1.54, 1.807) is 24.4 Å². The Kier molecular flexibility index (Phi) is 4.87. The number of aliphatic hydroxyl groups is 1. The van der Waals surface area contributed by atoms with Crippen LogP contribution in [0, 0.1) is 5.82 Å². The first kappa shape index (κ1) is 16.3. The van der Waals surface area contributed by atoms with Crippen molar-refractivity contribution in [2.45, 2.75) is 37.7 Å². The molecule has 3 rings (SSSR count). The first-order chi connectivity index (χ1) is 11.1. The fourth-order valence-corrected chi connectivity index (χ4v) is 3.44. The van der Waals surface area contributed by atoms with Crippen LogP contribution >= 0.6 is 15.9 Å². The zero-order valence-electron chi connectivity index (χ0n) is 12.5. The molecule has 2 atom stereocenters. The molecule has 0 aliphatic heterocycles. The van der Waals surface area contributed by atoms with Crippen LogP contribution in [-0.4, -0.2) is 15.9 Å². The molecule has 3 nitrogen and oxygen atoms in total. The average Bonchev–Trinajstić information content (AvgIpc) is 2.54. The predicted molar refractivity (Wildman–Crippen MR) is 88.6 cm³/mol. The van der Waals surface area contributed by atoms with Gasteiger partial charge in [-0.3, -0.25) is 9.78 Å². The van der Waals surface area contributed by atoms with Gasteiger partial charge in [-0.1, -0.05) is 28.1 Å². The highest BCUT2D eigenvalue weighted by Crippen LogP contribution is 2.37. The van der Waals surface area contributed by atoms with Crippen molar-refractivity contribution < 1.29 is 14.3 Å². The first-order valence-electron chi connectivity index (χ1n) is 7.66. The van der Waals surface area contributed by atoms with Crippen LogP contribution in [0.2, 0.25) is 0 Å². The number of fused-ring (bicyclic) bond motifs is 1. The fourth-order valence-electron chi connectivity index (χ4n) is 3.11. The predicted octanol–water partition coefficient (Wildman–Crippen LogP) is 4.10. The third kappa shape index (κ3) is 3.51. The maximum atomic E-state index is 13.8. The normalized spacial score (nSPS) is 20.1. The van der Waals surface area contributed by atoms with Crippen molar-refractivity contribution >= 4 is 21.7 Å². The van der Waals surface area contributed by atoms with E-state index < -0.39 is 6.10 Å². The van der Waals surface area contributed by atoms with Gasteiger partial charge >= 0.3 is 0 Å². The number of carbonyl (C=O) groups is 1. The number of ketones is 1. The Labute approximate surface area is 142 Å². The molecular weight excluding hydrogens is 361 g/mol. The Bertz CT molecular complexity index is 735. The van der Waals surface area contributed by atoms with Crippen LogP contribution in [0.4, 0.5) is 4.39 Å². The molecule has 1 aromatic carbocycles. The SMILES string of the molecule is O=C(CCc1ccc(Br)cc1F)[C@H]1CC[C@H](O)c2ncccc21. The smallest absolute Gasteiger partial charge is 0.140 e. The number of aliphatic hydroxyl groups excluding tert-OH is 1. The lowest BCUT2D eigenvalue weighted by Gasteiger charge is -2.27. The third-order valence-corrected chi connectivity index (χ3v) is 4.83. The minimum atomic E-state index is -0.598. The van der Waals surface area contributed by atoms with E-state index in [2.05, 4.69) is 20.9 Å². The molecule has 1 aliphatic rings. The van der Waals surface area contributed by atoms with Crippen LogP contribution in [0.5, 0.6) is 0 Å². The average molecular weight is 378 g/mol. The number of hydrogen-bond acceptors (Lipinski definition) is 3. The molecule has 1 heterocycles. The third-order valence-electron chi connectivity index (χ3n) is 4.34. The summed E-state index contributed by atoms with van der Waals surface area (Å²) >= 11 is 3.22. The molecule has 0 saturated carbocycles. The molecule has 0 unspecified atom stereocenters. The van der Waals surface area contributed by atoms with Crippen LogP contribution < -0.4 is 0 Å². The Morgan fingerprint density at radius 3 is 2.96 bits per heavy atom. The molecule has 1 aromatic heterocycles. The molecule has 0 amide bonds. The van der Waals surface area contributed by atoms with Crippen LogP contribution in [0.3, 0.4) is 0 Å². The number of Topliss-reactive ketones (excluding diaryl/α,β-unsaturated/α-hetero) is 1. The number of pyridine rings is 1. The molecule has 0 spiro atoms. The van der Waals surface area contributed by atoms with Crippen molar-refractivity contribution in [2.24, 2.45) is 0 Å². The highest BCUT2D eigenvalue weighted by atomic mass is 79.9. The Morgan fingerprint density at radius 1 is 1.35 bits per heavy atom. The van der Waals surface area contributed by atoms with E-state index in [9.17, 15) is 14.3 Å². The topological polar surface area (TPSA) is 50.2 Å². The van der Waals surface area contributed by atoms with E-state index in [0.717, 1.165) is 5.56 Å². The monoisotopic (exact) mass is 377 g/mol. The number of benzene rings is 1. The molecule has 0 radical (unpaired) electrons. The summed E-state index contributed by atoms with van der Waals surface area (Å²) in [6, 6.07) is 8.53. The highest BCUT2D eigenvalue weighted by molar-refractivity contribution is 9.10. The summed E-state index contributed by atoms with van der Waals surface area (Å²) in [5.74, 6) is -0.470. The van der Waals surface area contributed by atoms with E-state index in [1.165, 1.54) is 6.07 Å². The second-order valence-corrected chi connectivity index (χ2v) is 6.74. The summed E-state index contributed by atoms with van der Waals surface area (Å²) in [5, 5.41) is 10.0. The summed E-state index contributed by atoms with van der Waals surface area (Å²) in [6.45, 7) is 0. The maximum absolute atomic E-state index is 13.8. The molecule has 23 heavy (non-hydrogen) atoms. The number of rotatable bonds is 4. The summed E-state index contributed by atoms with van der Waals surface area (Å²) < 4.78 is 14.5. The number of carbonyl (C=O) groups excluding carboxylic acids is 1. The van der Waals surface area contributed by atoms with E-state index in [1.807, 2.05) is 6.07 Å².